The predicted octanol–water partition coefficient (Wildman–Crippen LogP) is 5.73. The first kappa shape index (κ1) is 23.0. The molecule has 2 aliphatic rings. The van der Waals surface area contributed by atoms with Crippen molar-refractivity contribution >= 4 is 11.6 Å². The van der Waals surface area contributed by atoms with Crippen LogP contribution in [0.4, 0.5) is 18.9 Å². The number of alkyl halides is 3. The summed E-state index contributed by atoms with van der Waals surface area (Å²) in [4.78, 5) is 32.0. The maximum atomic E-state index is 13.9. The van der Waals surface area contributed by atoms with Crippen molar-refractivity contribution in [3.05, 3.63) is 83.2 Å². The molecule has 0 spiro atoms. The zero-order chi connectivity index (χ0) is 24.6. The van der Waals surface area contributed by atoms with Crippen LogP contribution < -0.4 is 0 Å². The summed E-state index contributed by atoms with van der Waals surface area (Å²) < 4.78 is 39.3. The molecule has 6 nitrogen and oxygen atoms in total. The number of aryl methyl sites for hydroxylation is 1. The van der Waals surface area contributed by atoms with Gasteiger partial charge in [-0.3, -0.25) is 9.78 Å². The minimum atomic E-state index is -4.42. The van der Waals surface area contributed by atoms with Crippen molar-refractivity contribution in [3.63, 3.8) is 0 Å². The summed E-state index contributed by atoms with van der Waals surface area (Å²) in [5.41, 5.74) is 0.925. The van der Waals surface area contributed by atoms with Crippen LogP contribution in [0.5, 0.6) is 0 Å². The molecule has 2 aromatic heterocycles. The maximum absolute atomic E-state index is 13.9. The molecule has 1 aromatic carbocycles. The second kappa shape index (κ2) is 9.10. The second-order valence-electron chi connectivity index (χ2n) is 8.99. The fraction of sp³-hybridized carbons (Fsp3) is 0.346. The Bertz CT molecular complexity index is 1290. The number of hydrogen-bond donors (Lipinski definition) is 0. The topological polar surface area (TPSA) is 63.3 Å². The summed E-state index contributed by atoms with van der Waals surface area (Å²) >= 11 is 0. The number of amides is 1. The van der Waals surface area contributed by atoms with E-state index in [4.69, 9.17) is 6.57 Å². The highest BCUT2D eigenvalue weighted by atomic mass is 19.4. The lowest BCUT2D eigenvalue weighted by molar-refractivity contribution is -0.137. The highest BCUT2D eigenvalue weighted by Crippen LogP contribution is 2.47. The Labute approximate surface area is 200 Å². The minimum Gasteiger partial charge on any atom is -0.332 e. The molecule has 3 atom stereocenters. The fourth-order valence-corrected chi connectivity index (χ4v) is 4.96. The van der Waals surface area contributed by atoms with Gasteiger partial charge in [-0.2, -0.15) is 13.2 Å². The van der Waals surface area contributed by atoms with E-state index in [1.165, 1.54) is 6.20 Å². The van der Waals surface area contributed by atoms with Gasteiger partial charge in [-0.15, -0.1) is 0 Å². The van der Waals surface area contributed by atoms with Gasteiger partial charge in [-0.25, -0.2) is 14.8 Å². The molecule has 3 aromatic rings. The number of fused-ring (bicyclic) bond motifs is 1. The Morgan fingerprint density at radius 3 is 2.63 bits per heavy atom. The molecule has 0 N–H and O–H groups in total. The average molecular weight is 477 g/mol. The molecule has 0 bridgehead atoms. The first-order chi connectivity index (χ1) is 16.8. The van der Waals surface area contributed by atoms with Crippen LogP contribution in [-0.4, -0.2) is 37.8 Å². The van der Waals surface area contributed by atoms with Gasteiger partial charge in [0, 0.05) is 47.5 Å². The van der Waals surface area contributed by atoms with Crippen LogP contribution in [0.3, 0.4) is 0 Å². The third-order valence-corrected chi connectivity index (χ3v) is 6.79. The first-order valence-electron chi connectivity index (χ1n) is 11.5. The van der Waals surface area contributed by atoms with Crippen LogP contribution in [0.25, 0.3) is 16.2 Å². The lowest BCUT2D eigenvalue weighted by Gasteiger charge is -2.36. The molecule has 1 amide bonds. The van der Waals surface area contributed by atoms with Gasteiger partial charge < -0.3 is 4.90 Å². The quantitative estimate of drug-likeness (QED) is 0.440. The van der Waals surface area contributed by atoms with Crippen molar-refractivity contribution < 1.29 is 18.0 Å². The number of pyridine rings is 1. The predicted molar refractivity (Wildman–Crippen MR) is 122 cm³/mol. The summed E-state index contributed by atoms with van der Waals surface area (Å²) in [5.74, 6) is 0.663. The van der Waals surface area contributed by atoms with Crippen LogP contribution in [-0.2, 0) is 12.6 Å². The van der Waals surface area contributed by atoms with E-state index >= 15 is 0 Å². The first-order valence-corrected chi connectivity index (χ1v) is 11.5. The normalized spacial score (nSPS) is 21.2. The van der Waals surface area contributed by atoms with Gasteiger partial charge in [0.2, 0.25) is 0 Å². The molecule has 0 unspecified atom stereocenters. The highest BCUT2D eigenvalue weighted by Gasteiger charge is 2.50. The van der Waals surface area contributed by atoms with Gasteiger partial charge in [0.25, 0.3) is 5.91 Å². The largest absolute Gasteiger partial charge is 0.416 e. The molecule has 3 heterocycles. The molecule has 1 saturated carbocycles. The van der Waals surface area contributed by atoms with Crippen molar-refractivity contribution in [2.24, 2.45) is 5.92 Å². The minimum absolute atomic E-state index is 0.108. The molecule has 35 heavy (non-hydrogen) atoms. The van der Waals surface area contributed by atoms with E-state index in [-0.39, 0.29) is 18.0 Å². The number of halogens is 3. The van der Waals surface area contributed by atoms with Gasteiger partial charge in [0.05, 0.1) is 12.1 Å². The number of aromatic nitrogens is 3. The number of carbonyl (C=O) groups excluding carboxylic acids is 1. The Hall–Kier alpha value is -3.80. The lowest BCUT2D eigenvalue weighted by Crippen LogP contribution is -2.45. The molecule has 9 heteroatoms. The molecular weight excluding hydrogens is 455 g/mol. The summed E-state index contributed by atoms with van der Waals surface area (Å²) in [6, 6.07) is 8.65. The number of carbonyl (C=O) groups is 1. The van der Waals surface area contributed by atoms with Crippen LogP contribution >= 0.6 is 0 Å². The Morgan fingerprint density at radius 1 is 1.09 bits per heavy atom. The second-order valence-corrected chi connectivity index (χ2v) is 8.99. The van der Waals surface area contributed by atoms with E-state index in [1.807, 2.05) is 4.90 Å². The third-order valence-electron chi connectivity index (χ3n) is 6.79. The van der Waals surface area contributed by atoms with Crippen molar-refractivity contribution in [1.82, 2.24) is 19.9 Å². The number of rotatable bonds is 5. The molecule has 1 aliphatic heterocycles. The lowest BCUT2D eigenvalue weighted by atomic mass is 9.94. The van der Waals surface area contributed by atoms with E-state index in [0.29, 0.717) is 47.1 Å². The molecule has 0 radical (unpaired) electrons. The van der Waals surface area contributed by atoms with E-state index in [2.05, 4.69) is 19.8 Å². The van der Waals surface area contributed by atoms with Gasteiger partial charge in [0.1, 0.15) is 0 Å². The Balaban J connectivity index is 1.43. The fourth-order valence-electron chi connectivity index (χ4n) is 4.96. The van der Waals surface area contributed by atoms with E-state index in [1.54, 1.807) is 36.7 Å². The molecule has 1 saturated heterocycles. The van der Waals surface area contributed by atoms with Gasteiger partial charge in [0.15, 0.2) is 11.5 Å². The van der Waals surface area contributed by atoms with Gasteiger partial charge >= 0.3 is 6.18 Å². The summed E-state index contributed by atoms with van der Waals surface area (Å²) in [6.07, 6.45) is 3.51. The maximum Gasteiger partial charge on any atom is 0.416 e. The van der Waals surface area contributed by atoms with Crippen LogP contribution in [0.15, 0.2) is 55.0 Å². The number of benzene rings is 1. The Kier molecular flexibility index (Phi) is 5.97. The van der Waals surface area contributed by atoms with Crippen LogP contribution in [0.1, 0.15) is 47.3 Å². The molecule has 1 aliphatic carbocycles. The Morgan fingerprint density at radius 2 is 1.89 bits per heavy atom. The van der Waals surface area contributed by atoms with Crippen LogP contribution in [0.2, 0.25) is 0 Å². The highest BCUT2D eigenvalue weighted by molar-refractivity contribution is 6.01. The molecular formula is C26H22F3N5O. The molecule has 178 valence electrons. The molecule has 5 rings (SSSR count). The number of hydrogen-bond acceptors (Lipinski definition) is 4. The zero-order valence-electron chi connectivity index (χ0n) is 18.7. The van der Waals surface area contributed by atoms with E-state index in [0.717, 1.165) is 31.4 Å². The number of piperidine rings is 1. The van der Waals surface area contributed by atoms with Gasteiger partial charge in [-0.1, -0.05) is 12.1 Å². The van der Waals surface area contributed by atoms with Crippen molar-refractivity contribution in [2.45, 2.75) is 50.4 Å². The molecule has 2 fully saturated rings. The zero-order valence-corrected chi connectivity index (χ0v) is 18.7. The summed E-state index contributed by atoms with van der Waals surface area (Å²) in [7, 11) is 0. The van der Waals surface area contributed by atoms with Gasteiger partial charge in [-0.05, 0) is 62.3 Å². The summed E-state index contributed by atoms with van der Waals surface area (Å²) in [5, 5.41) is 0. The van der Waals surface area contributed by atoms with E-state index < -0.39 is 11.7 Å². The number of nitrogens with zero attached hydrogens (tertiary/aromatic N) is 5. The van der Waals surface area contributed by atoms with Crippen LogP contribution in [0, 0.1) is 12.5 Å². The SMILES string of the molecule is [C-]#[N+]c1ccc(-c2ncccn2)c(C(=O)N2[C@H](CCc3cc(C(F)(F)F)ccn3)CC[C@H]3C[C@H]32)c1. The monoisotopic (exact) mass is 477 g/mol. The van der Waals surface area contributed by atoms with Crippen molar-refractivity contribution in [3.8, 4) is 11.4 Å². The van der Waals surface area contributed by atoms with E-state index in [9.17, 15) is 18.0 Å². The summed E-state index contributed by atoms with van der Waals surface area (Å²) in [6.45, 7) is 7.39. The average Bonchev–Trinajstić information content (AvgIpc) is 3.66. The number of likely N-dealkylation sites (tertiary alicyclic amines) is 1. The van der Waals surface area contributed by atoms with Crippen molar-refractivity contribution in [1.29, 1.82) is 0 Å². The smallest absolute Gasteiger partial charge is 0.332 e. The standard InChI is InChI=1S/C26H22F3N5O/c1-30-18-5-8-21(24-32-10-2-11-33-24)22(15-18)25(35)34-20(6-3-16-13-23(16)34)7-4-19-14-17(9-12-31-19)26(27,28)29/h2,5,8-12,14-16,20,23H,3-4,6-7,13H2/t16-,20-,23+/m0/s1. The van der Waals surface area contributed by atoms with Crippen molar-refractivity contribution in [2.75, 3.05) is 0 Å². The third kappa shape index (κ3) is 4.74.